The fourth-order valence-electron chi connectivity index (χ4n) is 0.769. The molecule has 0 amide bonds. The lowest BCUT2D eigenvalue weighted by atomic mass is 10.5. The summed E-state index contributed by atoms with van der Waals surface area (Å²) in [6, 6.07) is 0. The number of hydrazine groups is 1. The predicted octanol–water partition coefficient (Wildman–Crippen LogP) is -0.184. The zero-order valence-corrected chi connectivity index (χ0v) is 9.45. The molecule has 7 nitrogen and oxygen atoms in total. The molecule has 0 atom stereocenters. The molecular formula is C8H13N3O4S. The number of carboxylic acids is 2. The van der Waals surface area contributed by atoms with E-state index in [0.717, 1.165) is 12.3 Å². The highest BCUT2D eigenvalue weighted by Crippen LogP contribution is 2.12. The smallest absolute Gasteiger partial charge is 0.328 e. The van der Waals surface area contributed by atoms with Crippen LogP contribution in [0, 0.1) is 5.41 Å². The Kier molecular flexibility index (Phi) is 6.97. The first-order chi connectivity index (χ1) is 7.47. The van der Waals surface area contributed by atoms with Crippen LogP contribution in [0.25, 0.3) is 0 Å². The molecule has 0 aromatic carbocycles. The molecule has 90 valence electrons. The fourth-order valence-corrected chi connectivity index (χ4v) is 1.57. The second kappa shape index (κ2) is 7.71. The molecule has 1 heterocycles. The van der Waals surface area contributed by atoms with E-state index in [2.05, 4.69) is 5.43 Å². The van der Waals surface area contributed by atoms with E-state index in [1.165, 1.54) is 0 Å². The number of aliphatic carboxylic acids is 2. The van der Waals surface area contributed by atoms with Crippen molar-refractivity contribution < 1.29 is 19.8 Å². The molecule has 0 saturated carbocycles. The van der Waals surface area contributed by atoms with Gasteiger partial charge in [0.2, 0.25) is 0 Å². The molecule has 4 N–H and O–H groups in total. The minimum atomic E-state index is -1.26. The molecule has 0 aliphatic carbocycles. The summed E-state index contributed by atoms with van der Waals surface area (Å²) in [5.74, 6) is -1.47. The summed E-state index contributed by atoms with van der Waals surface area (Å²) in [5.41, 5.74) is 2.90. The maximum atomic E-state index is 9.55. The molecule has 8 heteroatoms. The number of amidine groups is 1. The molecule has 16 heavy (non-hydrogen) atoms. The summed E-state index contributed by atoms with van der Waals surface area (Å²) in [4.78, 5) is 19.1. The van der Waals surface area contributed by atoms with Crippen molar-refractivity contribution in [1.29, 1.82) is 5.41 Å². The Bertz CT molecular complexity index is 290. The Balaban J connectivity index is 0.000000281. The molecule has 0 radical (unpaired) electrons. The van der Waals surface area contributed by atoms with E-state index in [1.54, 1.807) is 11.8 Å². The molecule has 0 bridgehead atoms. The average molecular weight is 247 g/mol. The maximum Gasteiger partial charge on any atom is 0.328 e. The second-order valence-corrected chi connectivity index (χ2v) is 3.62. The van der Waals surface area contributed by atoms with Crippen molar-refractivity contribution in [3.05, 3.63) is 12.2 Å². The van der Waals surface area contributed by atoms with Crippen LogP contribution in [0.3, 0.4) is 0 Å². The quantitative estimate of drug-likeness (QED) is 0.511. The number of hydrogen-bond acceptors (Lipinski definition) is 5. The van der Waals surface area contributed by atoms with Crippen LogP contribution < -0.4 is 5.43 Å². The topological polar surface area (TPSA) is 114 Å². The van der Waals surface area contributed by atoms with Crippen molar-refractivity contribution in [2.45, 2.75) is 0 Å². The molecule has 1 fully saturated rings. The lowest BCUT2D eigenvalue weighted by molar-refractivity contribution is -0.134. The van der Waals surface area contributed by atoms with E-state index < -0.39 is 11.9 Å². The number of nitrogens with one attached hydrogen (secondary N) is 2. The Morgan fingerprint density at radius 3 is 2.12 bits per heavy atom. The van der Waals surface area contributed by atoms with E-state index in [1.807, 2.05) is 12.1 Å². The zero-order valence-electron chi connectivity index (χ0n) is 8.64. The van der Waals surface area contributed by atoms with Gasteiger partial charge in [-0.05, 0) is 0 Å². The summed E-state index contributed by atoms with van der Waals surface area (Å²) < 4.78 is 0. The van der Waals surface area contributed by atoms with Gasteiger partial charge < -0.3 is 10.2 Å². The van der Waals surface area contributed by atoms with Crippen LogP contribution in [0.2, 0.25) is 0 Å². The lowest BCUT2D eigenvalue weighted by Gasteiger charge is -2.12. The molecule has 0 aromatic heterocycles. The van der Waals surface area contributed by atoms with E-state index >= 15 is 0 Å². The summed E-state index contributed by atoms with van der Waals surface area (Å²) in [5, 5.41) is 25.3. The number of carbonyl (C=O) groups is 2. The lowest BCUT2D eigenvalue weighted by Crippen LogP contribution is -2.34. The minimum absolute atomic E-state index is 0.558. The van der Waals surface area contributed by atoms with Crippen molar-refractivity contribution >= 4 is 28.9 Å². The van der Waals surface area contributed by atoms with Crippen molar-refractivity contribution in [3.8, 4) is 0 Å². The molecule has 0 aromatic rings. The Labute approximate surface area is 96.6 Å². The van der Waals surface area contributed by atoms with Gasteiger partial charge in [0.15, 0.2) is 5.17 Å². The molecule has 0 unspecified atom stereocenters. The highest BCUT2D eigenvalue weighted by Gasteiger charge is 2.14. The van der Waals surface area contributed by atoms with Gasteiger partial charge in [0.1, 0.15) is 0 Å². The molecule has 1 aliphatic rings. The first kappa shape index (κ1) is 14.5. The number of rotatable bonds is 3. The highest BCUT2D eigenvalue weighted by atomic mass is 32.2. The van der Waals surface area contributed by atoms with Crippen molar-refractivity contribution in [1.82, 2.24) is 10.4 Å². The van der Waals surface area contributed by atoms with Crippen LogP contribution in [-0.4, -0.2) is 51.7 Å². The molecule has 1 aliphatic heterocycles. The van der Waals surface area contributed by atoms with Crippen LogP contribution in [-0.2, 0) is 9.59 Å². The summed E-state index contributed by atoms with van der Waals surface area (Å²) in [6.45, 7) is 0.958. The number of thioether (sulfide) groups is 1. The van der Waals surface area contributed by atoms with Crippen molar-refractivity contribution in [2.24, 2.45) is 0 Å². The van der Waals surface area contributed by atoms with Crippen molar-refractivity contribution in [2.75, 3.05) is 19.3 Å². The molecule has 1 rings (SSSR count). The Morgan fingerprint density at radius 1 is 1.44 bits per heavy atom. The summed E-state index contributed by atoms with van der Waals surface area (Å²) in [7, 11) is 1.83. The normalized spacial score (nSPS) is 14.8. The molecular weight excluding hydrogens is 234 g/mol. The van der Waals surface area contributed by atoms with Crippen LogP contribution in [0.15, 0.2) is 12.2 Å². The number of hydrogen-bond donors (Lipinski definition) is 4. The van der Waals surface area contributed by atoms with Gasteiger partial charge in [-0.25, -0.2) is 15.0 Å². The third-order valence-corrected chi connectivity index (χ3v) is 2.32. The van der Waals surface area contributed by atoms with Crippen LogP contribution in [0.5, 0.6) is 0 Å². The van der Waals surface area contributed by atoms with Crippen LogP contribution >= 0.6 is 11.8 Å². The Morgan fingerprint density at radius 2 is 1.94 bits per heavy atom. The SMILES string of the molecule is CNN1CCSC1=N.O=C(O)C=CC(=O)O. The fraction of sp³-hybridized carbons (Fsp3) is 0.375. The largest absolute Gasteiger partial charge is 0.478 e. The van der Waals surface area contributed by atoms with Gasteiger partial charge in [0.25, 0.3) is 0 Å². The van der Waals surface area contributed by atoms with E-state index in [9.17, 15) is 9.59 Å². The highest BCUT2D eigenvalue weighted by molar-refractivity contribution is 8.14. The number of carboxylic acid groups (broad SMARTS) is 2. The van der Waals surface area contributed by atoms with Crippen molar-refractivity contribution in [3.63, 3.8) is 0 Å². The minimum Gasteiger partial charge on any atom is -0.478 e. The first-order valence-corrected chi connectivity index (χ1v) is 5.26. The van der Waals surface area contributed by atoms with E-state index in [4.69, 9.17) is 15.6 Å². The van der Waals surface area contributed by atoms with Crippen LogP contribution in [0.1, 0.15) is 0 Å². The predicted molar refractivity (Wildman–Crippen MR) is 60.4 cm³/mol. The molecule has 0 spiro atoms. The van der Waals surface area contributed by atoms with Gasteiger partial charge in [-0.1, -0.05) is 11.8 Å². The molecule has 1 saturated heterocycles. The third kappa shape index (κ3) is 6.85. The second-order valence-electron chi connectivity index (χ2n) is 2.54. The van der Waals surface area contributed by atoms with Gasteiger partial charge in [-0.15, -0.1) is 0 Å². The zero-order chi connectivity index (χ0) is 12.6. The van der Waals surface area contributed by atoms with Gasteiger partial charge in [0.05, 0.1) is 0 Å². The van der Waals surface area contributed by atoms with E-state index in [-0.39, 0.29) is 0 Å². The van der Waals surface area contributed by atoms with Gasteiger partial charge in [0, 0.05) is 31.5 Å². The third-order valence-electron chi connectivity index (χ3n) is 1.44. The number of nitrogens with zero attached hydrogens (tertiary/aromatic N) is 1. The standard InChI is InChI=1S/C4H9N3S.C4H4O4/c1-6-7-2-3-8-4(7)5;5-3(6)1-2-4(7)8/h5-6H,2-3H2,1H3;1-2H,(H,5,6)(H,7,8). The monoisotopic (exact) mass is 247 g/mol. The van der Waals surface area contributed by atoms with Gasteiger partial charge in [-0.3, -0.25) is 10.4 Å². The summed E-state index contributed by atoms with van der Waals surface area (Å²) in [6.07, 6.45) is 1.12. The summed E-state index contributed by atoms with van der Waals surface area (Å²) >= 11 is 1.58. The first-order valence-electron chi connectivity index (χ1n) is 4.27. The van der Waals surface area contributed by atoms with Gasteiger partial charge in [-0.2, -0.15) is 0 Å². The van der Waals surface area contributed by atoms with E-state index in [0.29, 0.717) is 17.3 Å². The average Bonchev–Trinajstić information content (AvgIpc) is 2.61. The van der Waals surface area contributed by atoms with Gasteiger partial charge >= 0.3 is 11.9 Å². The maximum absolute atomic E-state index is 9.55. The Hall–Kier alpha value is -1.54. The van der Waals surface area contributed by atoms with Crippen LogP contribution in [0.4, 0.5) is 0 Å².